The van der Waals surface area contributed by atoms with Gasteiger partial charge in [0.25, 0.3) is 5.91 Å². The molecule has 1 N–H and O–H groups in total. The lowest BCUT2D eigenvalue weighted by atomic mass is 10.0. The van der Waals surface area contributed by atoms with Crippen LogP contribution in [0.5, 0.6) is 23.0 Å². The van der Waals surface area contributed by atoms with Crippen LogP contribution in [0.3, 0.4) is 0 Å². The standard InChI is InChI=1S/C21H21NO7/c1-25-17-8-12(5-6-16(17)29-11-20(23)28-4)7-14-13-9-18(26-2)19(27-3)10-15(13)22-21(14)24/h5-10H,11H2,1-4H3,(H,22,24). The van der Waals surface area contributed by atoms with Crippen LogP contribution in [0.1, 0.15) is 11.1 Å². The van der Waals surface area contributed by atoms with Crippen LogP contribution in [0.15, 0.2) is 30.3 Å². The van der Waals surface area contributed by atoms with Crippen molar-refractivity contribution in [1.29, 1.82) is 0 Å². The number of hydrogen-bond donors (Lipinski definition) is 1. The fourth-order valence-corrected chi connectivity index (χ4v) is 2.92. The maximum atomic E-state index is 12.5. The van der Waals surface area contributed by atoms with Gasteiger partial charge >= 0.3 is 5.97 Å². The van der Waals surface area contributed by atoms with E-state index in [0.29, 0.717) is 39.8 Å². The molecule has 0 unspecified atom stereocenters. The number of carbonyl (C=O) groups is 2. The normalized spacial score (nSPS) is 13.5. The first kappa shape index (κ1) is 20.1. The average Bonchev–Trinajstić information content (AvgIpc) is 3.05. The van der Waals surface area contributed by atoms with Crippen molar-refractivity contribution in [2.75, 3.05) is 40.4 Å². The third-order valence-corrected chi connectivity index (χ3v) is 4.38. The summed E-state index contributed by atoms with van der Waals surface area (Å²) in [7, 11) is 5.85. The van der Waals surface area contributed by atoms with Gasteiger partial charge in [0, 0.05) is 17.2 Å². The Labute approximate surface area is 168 Å². The molecule has 1 aliphatic rings. The molecule has 1 heterocycles. The van der Waals surface area contributed by atoms with E-state index in [4.69, 9.17) is 18.9 Å². The summed E-state index contributed by atoms with van der Waals surface area (Å²) in [6, 6.07) is 8.61. The molecule has 0 saturated heterocycles. The number of hydrogen-bond acceptors (Lipinski definition) is 7. The van der Waals surface area contributed by atoms with E-state index in [-0.39, 0.29) is 12.5 Å². The first-order valence-electron chi connectivity index (χ1n) is 8.67. The number of ether oxygens (including phenoxy) is 5. The highest BCUT2D eigenvalue weighted by atomic mass is 16.6. The second kappa shape index (κ2) is 8.55. The highest BCUT2D eigenvalue weighted by Gasteiger charge is 2.26. The zero-order valence-electron chi connectivity index (χ0n) is 16.5. The van der Waals surface area contributed by atoms with Gasteiger partial charge in [0.05, 0.1) is 34.1 Å². The van der Waals surface area contributed by atoms with Crippen molar-refractivity contribution < 1.29 is 33.3 Å². The molecule has 0 atom stereocenters. The topological polar surface area (TPSA) is 92.3 Å². The van der Waals surface area contributed by atoms with Crippen LogP contribution in [-0.4, -0.2) is 46.9 Å². The lowest BCUT2D eigenvalue weighted by Crippen LogP contribution is -2.12. The Bertz CT molecular complexity index is 981. The molecule has 0 aliphatic carbocycles. The number of anilines is 1. The maximum Gasteiger partial charge on any atom is 0.343 e. The molecule has 152 valence electrons. The summed E-state index contributed by atoms with van der Waals surface area (Å²) >= 11 is 0. The SMILES string of the molecule is COC(=O)COc1ccc(C=C2C(=O)Nc3cc(OC)c(OC)cc32)cc1OC. The van der Waals surface area contributed by atoms with Crippen LogP contribution in [0.2, 0.25) is 0 Å². The zero-order valence-corrected chi connectivity index (χ0v) is 16.5. The van der Waals surface area contributed by atoms with Crippen molar-refractivity contribution in [3.63, 3.8) is 0 Å². The predicted molar refractivity (Wildman–Crippen MR) is 107 cm³/mol. The van der Waals surface area contributed by atoms with E-state index in [0.717, 1.165) is 5.56 Å². The fourth-order valence-electron chi connectivity index (χ4n) is 2.92. The Hall–Kier alpha value is -3.68. The second-order valence-corrected chi connectivity index (χ2v) is 6.04. The van der Waals surface area contributed by atoms with Gasteiger partial charge < -0.3 is 29.0 Å². The van der Waals surface area contributed by atoms with E-state index in [1.54, 1.807) is 36.4 Å². The minimum Gasteiger partial charge on any atom is -0.493 e. The van der Waals surface area contributed by atoms with E-state index < -0.39 is 5.97 Å². The van der Waals surface area contributed by atoms with Crippen molar-refractivity contribution in [2.45, 2.75) is 0 Å². The molecule has 8 heteroatoms. The number of methoxy groups -OCH3 is 4. The van der Waals surface area contributed by atoms with Gasteiger partial charge in [-0.1, -0.05) is 6.07 Å². The van der Waals surface area contributed by atoms with Crippen molar-refractivity contribution in [2.24, 2.45) is 0 Å². The van der Waals surface area contributed by atoms with Crippen LogP contribution in [0, 0.1) is 0 Å². The highest BCUT2D eigenvalue weighted by Crippen LogP contribution is 2.41. The molecule has 8 nitrogen and oxygen atoms in total. The van der Waals surface area contributed by atoms with Crippen molar-refractivity contribution >= 4 is 29.2 Å². The van der Waals surface area contributed by atoms with Crippen molar-refractivity contribution in [3.8, 4) is 23.0 Å². The largest absolute Gasteiger partial charge is 0.493 e. The van der Waals surface area contributed by atoms with E-state index in [2.05, 4.69) is 10.1 Å². The van der Waals surface area contributed by atoms with Gasteiger partial charge in [-0.3, -0.25) is 4.79 Å². The zero-order chi connectivity index (χ0) is 21.0. The van der Waals surface area contributed by atoms with E-state index in [9.17, 15) is 9.59 Å². The van der Waals surface area contributed by atoms with Gasteiger partial charge in [-0.2, -0.15) is 0 Å². The van der Waals surface area contributed by atoms with Crippen molar-refractivity contribution in [3.05, 3.63) is 41.5 Å². The quantitative estimate of drug-likeness (QED) is 0.565. The second-order valence-electron chi connectivity index (χ2n) is 6.04. The van der Waals surface area contributed by atoms with Gasteiger partial charge in [0.1, 0.15) is 0 Å². The molecule has 0 saturated carbocycles. The molecule has 29 heavy (non-hydrogen) atoms. The highest BCUT2D eigenvalue weighted by molar-refractivity contribution is 6.35. The van der Waals surface area contributed by atoms with Gasteiger partial charge in [-0.25, -0.2) is 4.79 Å². The minimum absolute atomic E-state index is 0.231. The number of esters is 1. The first-order chi connectivity index (χ1) is 14.0. The molecule has 3 rings (SSSR count). The summed E-state index contributed by atoms with van der Waals surface area (Å²) in [6.45, 7) is -0.231. The lowest BCUT2D eigenvalue weighted by molar-refractivity contribution is -0.142. The number of benzene rings is 2. The summed E-state index contributed by atoms with van der Waals surface area (Å²) in [6.07, 6.45) is 1.74. The smallest absolute Gasteiger partial charge is 0.343 e. The number of carbonyl (C=O) groups excluding carboxylic acids is 2. The molecular weight excluding hydrogens is 378 g/mol. The van der Waals surface area contributed by atoms with Gasteiger partial charge in [0.2, 0.25) is 0 Å². The van der Waals surface area contributed by atoms with Gasteiger partial charge in [0.15, 0.2) is 29.6 Å². The lowest BCUT2D eigenvalue weighted by Gasteiger charge is -2.11. The molecule has 0 fully saturated rings. The van der Waals surface area contributed by atoms with Gasteiger partial charge in [-0.05, 0) is 29.8 Å². The third-order valence-electron chi connectivity index (χ3n) is 4.38. The molecule has 1 amide bonds. The number of amides is 1. The summed E-state index contributed by atoms with van der Waals surface area (Å²) in [5, 5.41) is 2.82. The Morgan fingerprint density at radius 3 is 2.24 bits per heavy atom. The molecule has 2 aromatic rings. The van der Waals surface area contributed by atoms with Crippen LogP contribution in [0.4, 0.5) is 5.69 Å². The van der Waals surface area contributed by atoms with E-state index >= 15 is 0 Å². The van der Waals surface area contributed by atoms with Crippen LogP contribution >= 0.6 is 0 Å². The Morgan fingerprint density at radius 1 is 0.931 bits per heavy atom. The molecule has 0 aromatic heterocycles. The van der Waals surface area contributed by atoms with Crippen LogP contribution in [-0.2, 0) is 14.3 Å². The molecule has 2 aromatic carbocycles. The number of rotatable bonds is 7. The molecule has 1 aliphatic heterocycles. The molecule has 0 radical (unpaired) electrons. The van der Waals surface area contributed by atoms with E-state index in [1.165, 1.54) is 28.4 Å². The molecular formula is C21H21NO7. The number of fused-ring (bicyclic) bond motifs is 1. The summed E-state index contributed by atoms with van der Waals surface area (Å²) < 4.78 is 25.9. The first-order valence-corrected chi connectivity index (χ1v) is 8.67. The van der Waals surface area contributed by atoms with Crippen LogP contribution < -0.4 is 24.3 Å². The fraction of sp³-hybridized carbons (Fsp3) is 0.238. The van der Waals surface area contributed by atoms with Crippen LogP contribution in [0.25, 0.3) is 11.6 Å². The Morgan fingerprint density at radius 2 is 1.59 bits per heavy atom. The maximum absolute atomic E-state index is 12.5. The average molecular weight is 399 g/mol. The summed E-state index contributed by atoms with van der Waals surface area (Å²) in [5.74, 6) is 1.14. The minimum atomic E-state index is -0.498. The van der Waals surface area contributed by atoms with Crippen molar-refractivity contribution in [1.82, 2.24) is 0 Å². The van der Waals surface area contributed by atoms with E-state index in [1.807, 2.05) is 0 Å². The summed E-state index contributed by atoms with van der Waals surface area (Å²) in [4.78, 5) is 23.8. The Kier molecular flexibility index (Phi) is 5.92. The predicted octanol–water partition coefficient (Wildman–Crippen LogP) is 2.76. The summed E-state index contributed by atoms with van der Waals surface area (Å²) in [5.41, 5.74) is 2.55. The monoisotopic (exact) mass is 399 g/mol. The number of nitrogens with one attached hydrogen (secondary N) is 1. The molecule has 0 bridgehead atoms. The Balaban J connectivity index is 1.95. The third kappa shape index (κ3) is 4.11. The molecule has 0 spiro atoms. The van der Waals surface area contributed by atoms with Gasteiger partial charge in [-0.15, -0.1) is 0 Å².